The van der Waals surface area contributed by atoms with E-state index in [2.05, 4.69) is 286 Å². The third kappa shape index (κ3) is 7.41. The molecule has 0 radical (unpaired) electrons. The van der Waals surface area contributed by atoms with Crippen molar-refractivity contribution in [3.8, 4) is 22.3 Å². The topological polar surface area (TPSA) is 39.9 Å². The fourth-order valence-electron chi connectivity index (χ4n) is 16.1. The van der Waals surface area contributed by atoms with E-state index in [4.69, 9.17) is 4.42 Å². The Morgan fingerprint density at radius 2 is 1.07 bits per heavy atom. The number of allylic oxidation sites excluding steroid dienone is 6. The van der Waals surface area contributed by atoms with Crippen molar-refractivity contribution in [1.82, 2.24) is 0 Å². The molecule has 1 aromatic heterocycles. The zero-order valence-electron chi connectivity index (χ0n) is 51.5. The first-order chi connectivity index (χ1) is 41.3. The lowest BCUT2D eigenvalue weighted by atomic mass is 9.63. The van der Waals surface area contributed by atoms with Gasteiger partial charge in [0.25, 0.3) is 0 Å². The van der Waals surface area contributed by atoms with Gasteiger partial charge in [-0.1, -0.05) is 233 Å². The highest BCUT2D eigenvalue weighted by atomic mass is 16.3. The van der Waals surface area contributed by atoms with Crippen LogP contribution in [-0.2, 0) is 27.1 Å². The zero-order valence-corrected chi connectivity index (χ0v) is 51.5. The smallest absolute Gasteiger partial charge is 0.159 e. The molecule has 86 heavy (non-hydrogen) atoms. The van der Waals surface area contributed by atoms with Gasteiger partial charge in [0, 0.05) is 44.1 Å². The van der Waals surface area contributed by atoms with Crippen LogP contribution < -0.4 is 9.80 Å². The lowest BCUT2D eigenvalue weighted by molar-refractivity contribution is 0.408. The lowest BCUT2D eigenvalue weighted by Crippen LogP contribution is -2.33. The van der Waals surface area contributed by atoms with E-state index in [0.29, 0.717) is 5.70 Å². The summed E-state index contributed by atoms with van der Waals surface area (Å²) < 4.78 is 7.13. The van der Waals surface area contributed by atoms with E-state index in [1.807, 2.05) is 6.08 Å². The minimum Gasteiger partial charge on any atom is -0.510 e. The number of fused-ring (bicyclic) bond motifs is 19. The van der Waals surface area contributed by atoms with E-state index in [1.54, 1.807) is 6.92 Å². The second-order valence-corrected chi connectivity index (χ2v) is 27.7. The molecule has 5 aliphatic carbocycles. The summed E-state index contributed by atoms with van der Waals surface area (Å²) in [5.74, 6) is 0.189. The van der Waals surface area contributed by atoms with Crippen molar-refractivity contribution < 1.29 is 9.52 Å². The van der Waals surface area contributed by atoms with Crippen LogP contribution in [0, 0.1) is 0 Å². The van der Waals surface area contributed by atoms with Gasteiger partial charge in [-0.2, -0.15) is 0 Å². The van der Waals surface area contributed by atoms with Gasteiger partial charge in [0.2, 0.25) is 0 Å². The molecule has 1 heterocycles. The first kappa shape index (κ1) is 53.6. The second kappa shape index (κ2) is 18.7. The van der Waals surface area contributed by atoms with E-state index in [-0.39, 0.29) is 22.0 Å². The van der Waals surface area contributed by atoms with Crippen LogP contribution in [0.2, 0.25) is 0 Å². The second-order valence-electron chi connectivity index (χ2n) is 27.7. The first-order valence-electron chi connectivity index (χ1n) is 30.8. The predicted molar refractivity (Wildman–Crippen MR) is 362 cm³/mol. The number of aliphatic hydroxyl groups is 1. The Kier molecular flexibility index (Phi) is 11.6. The van der Waals surface area contributed by atoms with E-state index in [1.165, 1.54) is 94.6 Å². The van der Waals surface area contributed by atoms with Gasteiger partial charge in [0.15, 0.2) is 5.58 Å². The molecule has 9 aromatic carbocycles. The van der Waals surface area contributed by atoms with Gasteiger partial charge in [-0.25, -0.2) is 0 Å². The van der Waals surface area contributed by atoms with Crippen molar-refractivity contribution in [2.75, 3.05) is 9.80 Å². The molecule has 10 aromatic rings. The zero-order chi connectivity index (χ0) is 59.6. The SMILES string of the molecule is C=C/C(=C(\C)O)N(c1ccc(C(C)(C)C)cc1)c1cc2c(c3c1-c1ccccc1C3(C)C)C=Cc1c(cc(N(c3ccc(C(C)(C)C)cc3)c3cccc4c3oc3ccccc34)c3c1C(C)(C)C1=C3C=CCC1)C21c2ccccc2-c2ccccc21. The van der Waals surface area contributed by atoms with Crippen molar-refractivity contribution in [1.29, 1.82) is 0 Å². The number of para-hydroxylation sites is 2. The van der Waals surface area contributed by atoms with Crippen LogP contribution in [0.5, 0.6) is 0 Å². The van der Waals surface area contributed by atoms with Crippen molar-refractivity contribution in [2.45, 2.75) is 116 Å². The Morgan fingerprint density at radius 1 is 0.535 bits per heavy atom. The summed E-state index contributed by atoms with van der Waals surface area (Å²) in [6.07, 6.45) is 13.7. The van der Waals surface area contributed by atoms with E-state index in [9.17, 15) is 5.11 Å². The van der Waals surface area contributed by atoms with Crippen LogP contribution in [0.15, 0.2) is 222 Å². The average Bonchev–Trinajstić information content (AvgIpc) is 1.48. The van der Waals surface area contributed by atoms with Gasteiger partial charge >= 0.3 is 0 Å². The Morgan fingerprint density at radius 3 is 1.67 bits per heavy atom. The molecule has 15 rings (SSSR count). The van der Waals surface area contributed by atoms with Crippen LogP contribution in [0.1, 0.15) is 156 Å². The third-order valence-corrected chi connectivity index (χ3v) is 20.1. The molecule has 424 valence electrons. The third-order valence-electron chi connectivity index (χ3n) is 20.1. The molecule has 1 N–H and O–H groups in total. The molecule has 4 heteroatoms. The largest absolute Gasteiger partial charge is 0.510 e. The Hall–Kier alpha value is -9.12. The number of hydrogen-bond donors (Lipinski definition) is 1. The molecule has 0 bridgehead atoms. The summed E-state index contributed by atoms with van der Waals surface area (Å²) in [4.78, 5) is 4.84. The van der Waals surface area contributed by atoms with E-state index < -0.39 is 10.8 Å². The minimum absolute atomic E-state index is 0.0576. The van der Waals surface area contributed by atoms with Crippen LogP contribution in [0.25, 0.3) is 61.9 Å². The van der Waals surface area contributed by atoms with Gasteiger partial charge in [0.1, 0.15) is 11.3 Å². The molecule has 0 saturated heterocycles. The summed E-state index contributed by atoms with van der Waals surface area (Å²) in [5.41, 5.74) is 28.2. The number of rotatable bonds is 7. The Labute approximate surface area is 507 Å². The van der Waals surface area contributed by atoms with E-state index >= 15 is 0 Å². The molecule has 0 atom stereocenters. The number of nitrogens with zero attached hydrogens (tertiary/aromatic N) is 2. The first-order valence-corrected chi connectivity index (χ1v) is 30.8. The van der Waals surface area contributed by atoms with Gasteiger partial charge in [-0.3, -0.25) is 0 Å². The standard InChI is InChI=1S/C82H74N2O2/c1-13-68(49(2)85)83(52-41-37-50(38-42-52)78(3,4)5)70-47-66-60(75-73(70)58-28-16-19-31-62(58)80(75,9)10)45-46-61-67(82(66)64-33-21-14-25-54(64)55-26-15-22-34-65(55)82)48-71(74-59-29-17-20-32-63(59)81(11,12)76(61)74)84(53-43-39-51(40-44-53)79(6,7)8)69-35-24-30-57-56-27-18-23-36-72(56)86-77(57)69/h13-19,21-31,33-48,85H,1,20,32H2,2-12H3/b68-49-. The predicted octanol–water partition coefficient (Wildman–Crippen LogP) is 22.3. The molecule has 1 spiro atoms. The van der Waals surface area contributed by atoms with Crippen molar-refractivity contribution in [3.05, 3.63) is 285 Å². The fourth-order valence-corrected chi connectivity index (χ4v) is 16.1. The van der Waals surface area contributed by atoms with Gasteiger partial charge in [0.05, 0.1) is 28.2 Å². The molecule has 0 fully saturated rings. The lowest BCUT2D eigenvalue weighted by Gasteiger charge is -2.41. The summed E-state index contributed by atoms with van der Waals surface area (Å²) in [6.45, 7) is 29.7. The number of hydrogen-bond acceptors (Lipinski definition) is 4. The highest BCUT2D eigenvalue weighted by molar-refractivity contribution is 6.12. The number of anilines is 5. The van der Waals surface area contributed by atoms with Crippen molar-refractivity contribution in [3.63, 3.8) is 0 Å². The van der Waals surface area contributed by atoms with Gasteiger partial charge in [-0.15, -0.1) is 0 Å². The molecule has 0 unspecified atom stereocenters. The van der Waals surface area contributed by atoms with Crippen LogP contribution in [0.4, 0.5) is 28.4 Å². The molecule has 0 aliphatic heterocycles. The monoisotopic (exact) mass is 1120 g/mol. The average molecular weight is 1120 g/mol. The number of benzene rings is 9. The molecular weight excluding hydrogens is 1040 g/mol. The van der Waals surface area contributed by atoms with Crippen LogP contribution in [0.3, 0.4) is 0 Å². The quantitative estimate of drug-likeness (QED) is 0.128. The van der Waals surface area contributed by atoms with Crippen molar-refractivity contribution in [2.24, 2.45) is 0 Å². The molecule has 0 amide bonds. The molecule has 0 saturated carbocycles. The normalized spacial score (nSPS) is 16.4. The minimum atomic E-state index is -0.907. The fraction of sp³-hybridized carbons (Fsp3) is 0.220. The van der Waals surface area contributed by atoms with Gasteiger partial charge in [-0.05, 0) is 169 Å². The molecule has 5 aliphatic rings. The highest BCUT2D eigenvalue weighted by Gasteiger charge is 2.54. The summed E-state index contributed by atoms with van der Waals surface area (Å²) in [7, 11) is 0. The van der Waals surface area contributed by atoms with E-state index in [0.717, 1.165) is 68.8 Å². The number of aliphatic hydroxyl groups excluding tert-OH is 1. The van der Waals surface area contributed by atoms with Crippen LogP contribution >= 0.6 is 0 Å². The summed E-state index contributed by atoms with van der Waals surface area (Å²) >= 11 is 0. The maximum Gasteiger partial charge on any atom is 0.159 e. The Bertz CT molecular complexity index is 4640. The van der Waals surface area contributed by atoms with Crippen LogP contribution in [-0.4, -0.2) is 5.11 Å². The molecule has 4 nitrogen and oxygen atoms in total. The van der Waals surface area contributed by atoms with Gasteiger partial charge < -0.3 is 19.3 Å². The Balaban J connectivity index is 1.15. The van der Waals surface area contributed by atoms with Crippen molar-refractivity contribution >= 4 is 68.1 Å². The summed E-state index contributed by atoms with van der Waals surface area (Å²) in [6, 6.07) is 66.1. The number of furan rings is 1. The molecular formula is C82H74N2O2. The maximum absolute atomic E-state index is 12.1. The summed E-state index contributed by atoms with van der Waals surface area (Å²) in [5, 5.41) is 14.3. The highest BCUT2D eigenvalue weighted by Crippen LogP contribution is 2.67. The maximum atomic E-state index is 12.1.